The molecular weight excluding hydrogens is 184 g/mol. The first-order valence-corrected chi connectivity index (χ1v) is 5.91. The molecule has 5 heteroatoms. The molecule has 0 aromatic heterocycles. The van der Waals surface area contributed by atoms with Crippen LogP contribution in [0.25, 0.3) is 0 Å². The number of hydrogen-bond donors (Lipinski definition) is 1. The van der Waals surface area contributed by atoms with Crippen molar-refractivity contribution in [2.45, 2.75) is 12.5 Å². The smallest absolute Gasteiger partial charge is 0.155 e. The highest BCUT2D eigenvalue weighted by Gasteiger charge is 2.40. The van der Waals surface area contributed by atoms with Gasteiger partial charge in [0.1, 0.15) is 0 Å². The van der Waals surface area contributed by atoms with Gasteiger partial charge in [-0.2, -0.15) is 11.8 Å². The molecule has 1 N–H and O–H groups in total. The number of thioether (sulfide) groups is 1. The minimum atomic E-state index is -1.72. The van der Waals surface area contributed by atoms with Gasteiger partial charge in [-0.15, -0.1) is 0 Å². The molecule has 0 amide bonds. The number of rotatable bonds is 4. The molecule has 1 saturated heterocycles. The molecule has 0 aromatic carbocycles. The SMILES string of the molecule is CCOC1(CS(=O)O)CSC1. The molecule has 3 nitrogen and oxygen atoms in total. The monoisotopic (exact) mass is 196 g/mol. The topological polar surface area (TPSA) is 46.5 Å². The van der Waals surface area contributed by atoms with Crippen LogP contribution in [0.15, 0.2) is 0 Å². The van der Waals surface area contributed by atoms with Gasteiger partial charge in [0.15, 0.2) is 11.1 Å². The largest absolute Gasteiger partial charge is 0.373 e. The molecule has 0 aromatic rings. The third kappa shape index (κ3) is 2.43. The van der Waals surface area contributed by atoms with E-state index < -0.39 is 11.1 Å². The predicted molar refractivity (Wildman–Crippen MR) is 47.3 cm³/mol. The fourth-order valence-corrected chi connectivity index (χ4v) is 3.10. The molecule has 0 saturated carbocycles. The summed E-state index contributed by atoms with van der Waals surface area (Å²) in [5, 5.41) is 0. The zero-order chi connectivity index (χ0) is 8.32. The number of ether oxygens (including phenoxy) is 1. The van der Waals surface area contributed by atoms with Crippen LogP contribution >= 0.6 is 11.8 Å². The summed E-state index contributed by atoms with van der Waals surface area (Å²) in [6.07, 6.45) is 0. The lowest BCUT2D eigenvalue weighted by molar-refractivity contribution is 0.00677. The lowest BCUT2D eigenvalue weighted by Gasteiger charge is -2.39. The average Bonchev–Trinajstić information content (AvgIpc) is 1.82. The minimum absolute atomic E-state index is 0.258. The van der Waals surface area contributed by atoms with Gasteiger partial charge in [0.2, 0.25) is 0 Å². The van der Waals surface area contributed by atoms with E-state index in [1.165, 1.54) is 0 Å². The molecule has 0 bridgehead atoms. The van der Waals surface area contributed by atoms with Gasteiger partial charge in [0, 0.05) is 18.1 Å². The lowest BCUT2D eigenvalue weighted by Crippen LogP contribution is -2.50. The van der Waals surface area contributed by atoms with Crippen molar-refractivity contribution >= 4 is 22.8 Å². The molecule has 11 heavy (non-hydrogen) atoms. The predicted octanol–water partition coefficient (Wildman–Crippen LogP) is 0.730. The lowest BCUT2D eigenvalue weighted by atomic mass is 10.1. The van der Waals surface area contributed by atoms with Crippen LogP contribution in [0.4, 0.5) is 0 Å². The molecule has 1 heterocycles. The van der Waals surface area contributed by atoms with E-state index in [0.717, 1.165) is 11.5 Å². The second-order valence-corrected chi connectivity index (χ2v) is 4.49. The Hall–Kier alpha value is 0.420. The summed E-state index contributed by atoms with van der Waals surface area (Å²) in [6.45, 7) is 2.53. The third-order valence-corrected chi connectivity index (χ3v) is 3.80. The Morgan fingerprint density at radius 1 is 1.73 bits per heavy atom. The first kappa shape index (κ1) is 9.51. The van der Waals surface area contributed by atoms with Gasteiger partial charge in [0.25, 0.3) is 0 Å². The molecule has 1 rings (SSSR count). The molecule has 1 unspecified atom stereocenters. The molecule has 66 valence electrons. The second kappa shape index (κ2) is 3.89. The van der Waals surface area contributed by atoms with Gasteiger partial charge in [-0.3, -0.25) is 0 Å². The standard InChI is InChI=1S/C6H12O3S2/c1-2-9-6(3-10-4-6)5-11(7)8/h2-5H2,1H3,(H,7,8). The van der Waals surface area contributed by atoms with E-state index in [1.807, 2.05) is 6.92 Å². The Labute approximate surface area is 73.2 Å². The Balaban J connectivity index is 2.39. The Morgan fingerprint density at radius 2 is 2.36 bits per heavy atom. The molecule has 1 fully saturated rings. The van der Waals surface area contributed by atoms with Crippen molar-refractivity contribution in [2.75, 3.05) is 23.9 Å². The summed E-state index contributed by atoms with van der Waals surface area (Å²) in [5.41, 5.74) is -0.293. The summed E-state index contributed by atoms with van der Waals surface area (Å²) in [7, 11) is 0. The van der Waals surface area contributed by atoms with E-state index in [1.54, 1.807) is 11.8 Å². The van der Waals surface area contributed by atoms with Gasteiger partial charge in [-0.25, -0.2) is 4.21 Å². The molecule has 0 radical (unpaired) electrons. The van der Waals surface area contributed by atoms with Crippen LogP contribution < -0.4 is 0 Å². The maximum atomic E-state index is 10.5. The van der Waals surface area contributed by atoms with E-state index in [-0.39, 0.29) is 11.4 Å². The summed E-state index contributed by atoms with van der Waals surface area (Å²) in [6, 6.07) is 0. The van der Waals surface area contributed by atoms with Crippen molar-refractivity contribution < 1.29 is 13.5 Å². The van der Waals surface area contributed by atoms with Crippen LogP contribution in [0, 0.1) is 0 Å². The Morgan fingerprint density at radius 3 is 2.64 bits per heavy atom. The van der Waals surface area contributed by atoms with Crippen molar-refractivity contribution in [3.8, 4) is 0 Å². The molecule has 1 aliphatic rings. The van der Waals surface area contributed by atoms with Crippen molar-refractivity contribution in [1.82, 2.24) is 0 Å². The Kier molecular flexibility index (Phi) is 3.36. The summed E-state index contributed by atoms with van der Waals surface area (Å²) in [5.74, 6) is 1.97. The first-order chi connectivity index (χ1) is 5.18. The van der Waals surface area contributed by atoms with E-state index in [0.29, 0.717) is 6.61 Å². The maximum absolute atomic E-state index is 10.5. The highest BCUT2D eigenvalue weighted by molar-refractivity contribution is 8.01. The van der Waals surface area contributed by atoms with E-state index in [9.17, 15) is 4.21 Å². The highest BCUT2D eigenvalue weighted by atomic mass is 32.2. The van der Waals surface area contributed by atoms with E-state index in [2.05, 4.69) is 0 Å². The van der Waals surface area contributed by atoms with E-state index in [4.69, 9.17) is 9.29 Å². The first-order valence-electron chi connectivity index (χ1n) is 3.48. The zero-order valence-corrected chi connectivity index (χ0v) is 8.04. The van der Waals surface area contributed by atoms with E-state index >= 15 is 0 Å². The molecule has 1 atom stereocenters. The molecule has 0 aliphatic carbocycles. The molecular formula is C6H12O3S2. The van der Waals surface area contributed by atoms with Crippen LogP contribution in [0.1, 0.15) is 6.92 Å². The van der Waals surface area contributed by atoms with Crippen LogP contribution in [0.2, 0.25) is 0 Å². The van der Waals surface area contributed by atoms with Gasteiger partial charge < -0.3 is 9.29 Å². The molecule has 1 aliphatic heterocycles. The Bertz CT molecular complexity index is 156. The molecule has 0 spiro atoms. The quantitative estimate of drug-likeness (QED) is 0.673. The van der Waals surface area contributed by atoms with Crippen molar-refractivity contribution in [3.63, 3.8) is 0 Å². The fourth-order valence-electron chi connectivity index (χ4n) is 1.07. The summed E-state index contributed by atoms with van der Waals surface area (Å²) in [4.78, 5) is 0. The van der Waals surface area contributed by atoms with Gasteiger partial charge in [0.05, 0.1) is 11.4 Å². The fraction of sp³-hybridized carbons (Fsp3) is 1.00. The summed E-state index contributed by atoms with van der Waals surface area (Å²) < 4.78 is 24.6. The minimum Gasteiger partial charge on any atom is -0.373 e. The van der Waals surface area contributed by atoms with Gasteiger partial charge >= 0.3 is 0 Å². The van der Waals surface area contributed by atoms with Gasteiger partial charge in [-0.1, -0.05) is 0 Å². The van der Waals surface area contributed by atoms with Crippen molar-refractivity contribution in [3.05, 3.63) is 0 Å². The van der Waals surface area contributed by atoms with Crippen LogP contribution in [0.5, 0.6) is 0 Å². The maximum Gasteiger partial charge on any atom is 0.155 e. The zero-order valence-electron chi connectivity index (χ0n) is 6.41. The van der Waals surface area contributed by atoms with Crippen molar-refractivity contribution in [2.24, 2.45) is 0 Å². The highest BCUT2D eigenvalue weighted by Crippen LogP contribution is 2.33. The number of hydrogen-bond acceptors (Lipinski definition) is 3. The van der Waals surface area contributed by atoms with Crippen molar-refractivity contribution in [1.29, 1.82) is 0 Å². The normalized spacial score (nSPS) is 24.2. The van der Waals surface area contributed by atoms with Crippen LogP contribution in [0.3, 0.4) is 0 Å². The summed E-state index contributed by atoms with van der Waals surface area (Å²) >= 11 is 0.0319. The second-order valence-electron chi connectivity index (χ2n) is 2.57. The van der Waals surface area contributed by atoms with Crippen LogP contribution in [-0.4, -0.2) is 38.2 Å². The average molecular weight is 196 g/mol. The van der Waals surface area contributed by atoms with Crippen LogP contribution in [-0.2, 0) is 15.8 Å². The third-order valence-electron chi connectivity index (χ3n) is 1.57. The van der Waals surface area contributed by atoms with Gasteiger partial charge in [-0.05, 0) is 6.92 Å².